The van der Waals surface area contributed by atoms with Gasteiger partial charge in [-0.2, -0.15) is 9.78 Å². The van der Waals surface area contributed by atoms with E-state index in [0.717, 1.165) is 17.7 Å². The van der Waals surface area contributed by atoms with E-state index in [4.69, 9.17) is 5.73 Å². The summed E-state index contributed by atoms with van der Waals surface area (Å²) in [6.07, 6.45) is 0.854. The van der Waals surface area contributed by atoms with Crippen molar-refractivity contribution in [2.75, 3.05) is 11.1 Å². The van der Waals surface area contributed by atoms with Crippen molar-refractivity contribution in [1.29, 1.82) is 0 Å². The van der Waals surface area contributed by atoms with Crippen LogP contribution < -0.4 is 11.1 Å². The largest absolute Gasteiger partial charge is 0.399 e. The standard InChI is InChI=1S/C14H18N6/c1-9-8-14(2,3)16-13-18-17-12(20(13)19-9)10-5-4-6-11(15)7-10/h4-7H,8,15H2,1-3H3,(H,16,18). The summed E-state index contributed by atoms with van der Waals surface area (Å²) in [4.78, 5) is 0. The zero-order valence-electron chi connectivity index (χ0n) is 11.9. The number of rotatable bonds is 1. The lowest BCUT2D eigenvalue weighted by atomic mass is 9.98. The molecular weight excluding hydrogens is 252 g/mol. The number of nitrogens with two attached hydrogens (primary N) is 1. The van der Waals surface area contributed by atoms with E-state index in [1.807, 2.05) is 31.2 Å². The highest BCUT2D eigenvalue weighted by atomic mass is 15.5. The van der Waals surface area contributed by atoms with Gasteiger partial charge in [-0.1, -0.05) is 12.1 Å². The fourth-order valence-electron chi connectivity index (χ4n) is 2.50. The summed E-state index contributed by atoms with van der Waals surface area (Å²) < 4.78 is 1.75. The zero-order chi connectivity index (χ0) is 14.3. The van der Waals surface area contributed by atoms with E-state index in [-0.39, 0.29) is 5.54 Å². The van der Waals surface area contributed by atoms with Crippen molar-refractivity contribution in [2.45, 2.75) is 32.7 Å². The van der Waals surface area contributed by atoms with Crippen LogP contribution in [0.3, 0.4) is 0 Å². The Labute approximate surface area is 117 Å². The van der Waals surface area contributed by atoms with Crippen molar-refractivity contribution in [3.05, 3.63) is 24.3 Å². The van der Waals surface area contributed by atoms with E-state index < -0.39 is 0 Å². The first kappa shape index (κ1) is 12.7. The van der Waals surface area contributed by atoms with E-state index in [9.17, 15) is 0 Å². The van der Waals surface area contributed by atoms with E-state index in [1.54, 1.807) is 4.68 Å². The SMILES string of the molecule is CC1=Nn2c(nnc2-c2cccc(N)c2)NC(C)(C)C1. The molecule has 0 radical (unpaired) electrons. The van der Waals surface area contributed by atoms with Crippen LogP contribution in [-0.2, 0) is 0 Å². The molecule has 20 heavy (non-hydrogen) atoms. The van der Waals surface area contributed by atoms with Gasteiger partial charge in [0.1, 0.15) is 0 Å². The summed E-state index contributed by atoms with van der Waals surface area (Å²) in [6, 6.07) is 7.57. The van der Waals surface area contributed by atoms with Gasteiger partial charge in [-0.3, -0.25) is 0 Å². The molecule has 0 atom stereocenters. The maximum atomic E-state index is 5.83. The second-order valence-corrected chi connectivity index (χ2v) is 5.81. The topological polar surface area (TPSA) is 81.1 Å². The Kier molecular flexibility index (Phi) is 2.74. The van der Waals surface area contributed by atoms with E-state index in [0.29, 0.717) is 17.5 Å². The van der Waals surface area contributed by atoms with Gasteiger partial charge in [-0.05, 0) is 32.9 Å². The van der Waals surface area contributed by atoms with Gasteiger partial charge in [0.15, 0.2) is 5.82 Å². The summed E-state index contributed by atoms with van der Waals surface area (Å²) in [6.45, 7) is 6.26. The molecule has 1 aromatic carbocycles. The molecule has 3 rings (SSSR count). The molecule has 0 bridgehead atoms. The second kappa shape index (κ2) is 4.33. The summed E-state index contributed by atoms with van der Waals surface area (Å²) in [5.74, 6) is 1.35. The minimum Gasteiger partial charge on any atom is -0.399 e. The van der Waals surface area contributed by atoms with Gasteiger partial charge in [0.2, 0.25) is 5.95 Å². The maximum absolute atomic E-state index is 5.83. The molecule has 1 aliphatic heterocycles. The highest BCUT2D eigenvalue weighted by Gasteiger charge is 2.26. The zero-order valence-corrected chi connectivity index (χ0v) is 11.9. The normalized spacial score (nSPS) is 16.9. The van der Waals surface area contributed by atoms with Crippen molar-refractivity contribution in [3.63, 3.8) is 0 Å². The number of nitrogens with one attached hydrogen (secondary N) is 1. The second-order valence-electron chi connectivity index (χ2n) is 5.81. The molecule has 104 valence electrons. The Morgan fingerprint density at radius 2 is 2.10 bits per heavy atom. The van der Waals surface area contributed by atoms with Crippen LogP contribution in [0.2, 0.25) is 0 Å². The third kappa shape index (κ3) is 2.24. The summed E-state index contributed by atoms with van der Waals surface area (Å²) >= 11 is 0. The number of nitrogens with zero attached hydrogens (tertiary/aromatic N) is 4. The predicted octanol–water partition coefficient (Wildman–Crippen LogP) is 2.35. The van der Waals surface area contributed by atoms with Gasteiger partial charge in [-0.15, -0.1) is 10.2 Å². The van der Waals surface area contributed by atoms with Crippen molar-refractivity contribution in [3.8, 4) is 11.4 Å². The summed E-state index contributed by atoms with van der Waals surface area (Å²) in [5, 5.41) is 16.4. The molecule has 6 heteroatoms. The van der Waals surface area contributed by atoms with Crippen molar-refractivity contribution in [1.82, 2.24) is 14.9 Å². The van der Waals surface area contributed by atoms with Crippen molar-refractivity contribution >= 4 is 17.3 Å². The van der Waals surface area contributed by atoms with Crippen LogP contribution in [0, 0.1) is 0 Å². The number of fused-ring (bicyclic) bond motifs is 1. The van der Waals surface area contributed by atoms with Crippen LogP contribution in [0.4, 0.5) is 11.6 Å². The van der Waals surface area contributed by atoms with Gasteiger partial charge < -0.3 is 11.1 Å². The Morgan fingerprint density at radius 3 is 2.85 bits per heavy atom. The average molecular weight is 270 g/mol. The Bertz CT molecular complexity index is 683. The first-order valence-corrected chi connectivity index (χ1v) is 6.59. The lowest BCUT2D eigenvalue weighted by Crippen LogP contribution is -2.32. The molecule has 0 amide bonds. The predicted molar refractivity (Wildman–Crippen MR) is 80.7 cm³/mol. The molecular formula is C14H18N6. The Hall–Kier alpha value is -2.37. The minimum atomic E-state index is -0.0954. The number of hydrogen-bond donors (Lipinski definition) is 2. The van der Waals surface area contributed by atoms with Gasteiger partial charge >= 0.3 is 0 Å². The fourth-order valence-corrected chi connectivity index (χ4v) is 2.50. The molecule has 1 aliphatic rings. The van der Waals surface area contributed by atoms with E-state index >= 15 is 0 Å². The van der Waals surface area contributed by atoms with Crippen LogP contribution >= 0.6 is 0 Å². The van der Waals surface area contributed by atoms with Crippen molar-refractivity contribution < 1.29 is 0 Å². The molecule has 0 spiro atoms. The minimum absolute atomic E-state index is 0.0954. The molecule has 0 saturated heterocycles. The van der Waals surface area contributed by atoms with Crippen LogP contribution in [0.5, 0.6) is 0 Å². The number of hydrogen-bond acceptors (Lipinski definition) is 5. The third-order valence-electron chi connectivity index (χ3n) is 3.20. The van der Waals surface area contributed by atoms with E-state index in [2.05, 4.69) is 34.5 Å². The Balaban J connectivity index is 2.14. The number of anilines is 2. The van der Waals surface area contributed by atoms with Crippen LogP contribution in [-0.4, -0.2) is 26.1 Å². The van der Waals surface area contributed by atoms with Crippen molar-refractivity contribution in [2.24, 2.45) is 5.10 Å². The fraction of sp³-hybridized carbons (Fsp3) is 0.357. The lowest BCUT2D eigenvalue weighted by molar-refractivity contribution is 0.589. The molecule has 0 aliphatic carbocycles. The van der Waals surface area contributed by atoms with Crippen LogP contribution in [0.1, 0.15) is 27.2 Å². The molecule has 2 heterocycles. The number of aromatic nitrogens is 3. The van der Waals surface area contributed by atoms with Gasteiger partial charge in [-0.25, -0.2) is 0 Å². The lowest BCUT2D eigenvalue weighted by Gasteiger charge is -2.23. The Morgan fingerprint density at radius 1 is 1.30 bits per heavy atom. The monoisotopic (exact) mass is 270 g/mol. The molecule has 2 aromatic rings. The highest BCUT2D eigenvalue weighted by Crippen LogP contribution is 2.27. The molecule has 0 saturated carbocycles. The van der Waals surface area contributed by atoms with Crippen LogP contribution in [0.15, 0.2) is 29.4 Å². The number of benzene rings is 1. The summed E-state index contributed by atoms with van der Waals surface area (Å²) in [7, 11) is 0. The van der Waals surface area contributed by atoms with Crippen LogP contribution in [0.25, 0.3) is 11.4 Å². The first-order chi connectivity index (χ1) is 9.44. The van der Waals surface area contributed by atoms with E-state index in [1.165, 1.54) is 0 Å². The molecule has 0 fully saturated rings. The van der Waals surface area contributed by atoms with Gasteiger partial charge in [0, 0.05) is 28.9 Å². The highest BCUT2D eigenvalue weighted by molar-refractivity contribution is 5.84. The molecule has 1 aromatic heterocycles. The average Bonchev–Trinajstić information content (AvgIpc) is 2.65. The van der Waals surface area contributed by atoms with Gasteiger partial charge in [0.05, 0.1) is 0 Å². The first-order valence-electron chi connectivity index (χ1n) is 6.59. The maximum Gasteiger partial charge on any atom is 0.246 e. The number of nitrogen functional groups attached to an aromatic ring is 1. The quantitative estimate of drug-likeness (QED) is 0.779. The summed E-state index contributed by atoms with van der Waals surface area (Å²) in [5.41, 5.74) is 8.37. The molecule has 6 nitrogen and oxygen atoms in total. The molecule has 3 N–H and O–H groups in total. The van der Waals surface area contributed by atoms with Gasteiger partial charge in [0.25, 0.3) is 0 Å². The smallest absolute Gasteiger partial charge is 0.246 e. The third-order valence-corrected chi connectivity index (χ3v) is 3.20. The molecule has 0 unspecified atom stereocenters.